The molecule has 334 valence electrons. The predicted molar refractivity (Wildman–Crippen MR) is 251 cm³/mol. The first-order valence-corrected chi connectivity index (χ1v) is 23.8. The summed E-state index contributed by atoms with van der Waals surface area (Å²) in [5, 5.41) is 0. The van der Waals surface area contributed by atoms with Crippen LogP contribution >= 0.6 is 0 Å². The van der Waals surface area contributed by atoms with Gasteiger partial charge in [0.1, 0.15) is 13.2 Å². The third-order valence-electron chi connectivity index (χ3n) is 9.57. The zero-order valence-corrected chi connectivity index (χ0v) is 38.0. The highest BCUT2D eigenvalue weighted by molar-refractivity contribution is 5.71. The average Bonchev–Trinajstić information content (AvgIpc) is 3.23. The lowest BCUT2D eigenvalue weighted by Gasteiger charge is -2.18. The van der Waals surface area contributed by atoms with Gasteiger partial charge in [0.25, 0.3) is 0 Å². The topological polar surface area (TPSA) is 78.9 Å². The summed E-state index contributed by atoms with van der Waals surface area (Å²) >= 11 is 0. The van der Waals surface area contributed by atoms with Gasteiger partial charge in [0.15, 0.2) is 6.10 Å². The molecule has 0 aliphatic carbocycles. The second kappa shape index (κ2) is 47.0. The zero-order chi connectivity index (χ0) is 43.0. The first-order valence-electron chi connectivity index (χ1n) is 23.8. The van der Waals surface area contributed by atoms with E-state index in [1.54, 1.807) is 0 Å². The van der Waals surface area contributed by atoms with Gasteiger partial charge >= 0.3 is 17.9 Å². The maximum atomic E-state index is 12.7. The Morgan fingerprint density at radius 2 is 0.712 bits per heavy atom. The number of carbonyl (C=O) groups is 3. The lowest BCUT2D eigenvalue weighted by atomic mass is 10.1. The van der Waals surface area contributed by atoms with Crippen molar-refractivity contribution >= 4 is 17.9 Å². The molecule has 0 rings (SSSR count). The van der Waals surface area contributed by atoms with Crippen LogP contribution in [0.3, 0.4) is 0 Å². The summed E-state index contributed by atoms with van der Waals surface area (Å²) in [5.74, 6) is -0.985. The van der Waals surface area contributed by atoms with Crippen molar-refractivity contribution in [2.45, 2.75) is 207 Å². The summed E-state index contributed by atoms with van der Waals surface area (Å²) in [6.07, 6.45) is 61.1. The lowest BCUT2D eigenvalue weighted by Crippen LogP contribution is -2.30. The molecule has 1 atom stereocenters. The second-order valence-corrected chi connectivity index (χ2v) is 15.3. The Bertz CT molecular complexity index is 1220. The van der Waals surface area contributed by atoms with E-state index in [1.165, 1.54) is 38.5 Å². The van der Waals surface area contributed by atoms with Gasteiger partial charge in [-0.25, -0.2) is 0 Å². The van der Waals surface area contributed by atoms with Gasteiger partial charge < -0.3 is 14.2 Å². The summed E-state index contributed by atoms with van der Waals surface area (Å²) in [5.41, 5.74) is 0. The molecule has 6 heteroatoms. The molecule has 0 aromatic carbocycles. The van der Waals surface area contributed by atoms with Crippen LogP contribution in [0.1, 0.15) is 201 Å². The molecule has 0 spiro atoms. The van der Waals surface area contributed by atoms with Crippen LogP contribution in [0.25, 0.3) is 0 Å². The molecule has 0 heterocycles. The van der Waals surface area contributed by atoms with Crippen molar-refractivity contribution in [3.8, 4) is 0 Å². The van der Waals surface area contributed by atoms with Crippen LogP contribution in [0.5, 0.6) is 0 Å². The number of esters is 3. The molecule has 0 aliphatic heterocycles. The van der Waals surface area contributed by atoms with Crippen molar-refractivity contribution in [1.29, 1.82) is 0 Å². The Balaban J connectivity index is 4.46. The summed E-state index contributed by atoms with van der Waals surface area (Å²) < 4.78 is 16.7. The number of hydrogen-bond acceptors (Lipinski definition) is 6. The van der Waals surface area contributed by atoms with E-state index in [0.29, 0.717) is 12.8 Å². The quantitative estimate of drug-likeness (QED) is 0.0201. The van der Waals surface area contributed by atoms with E-state index in [2.05, 4.69) is 118 Å². The number of allylic oxidation sites excluding steroid dienone is 16. The van der Waals surface area contributed by atoms with Crippen molar-refractivity contribution in [2.75, 3.05) is 13.2 Å². The second-order valence-electron chi connectivity index (χ2n) is 15.3. The molecule has 0 amide bonds. The van der Waals surface area contributed by atoms with Crippen LogP contribution in [0.15, 0.2) is 97.2 Å². The number of unbranched alkanes of at least 4 members (excludes halogenated alkanes) is 15. The Kier molecular flexibility index (Phi) is 44.1. The van der Waals surface area contributed by atoms with Crippen LogP contribution in [0.2, 0.25) is 0 Å². The normalized spacial score (nSPS) is 12.9. The highest BCUT2D eigenvalue weighted by Gasteiger charge is 2.19. The van der Waals surface area contributed by atoms with E-state index in [-0.39, 0.29) is 37.5 Å². The van der Waals surface area contributed by atoms with Crippen molar-refractivity contribution in [1.82, 2.24) is 0 Å². The maximum absolute atomic E-state index is 12.7. The maximum Gasteiger partial charge on any atom is 0.306 e. The van der Waals surface area contributed by atoms with Gasteiger partial charge in [0.2, 0.25) is 0 Å². The van der Waals surface area contributed by atoms with Gasteiger partial charge in [-0.2, -0.15) is 0 Å². The summed E-state index contributed by atoms with van der Waals surface area (Å²) in [7, 11) is 0. The Hall–Kier alpha value is -3.67. The fourth-order valence-electron chi connectivity index (χ4n) is 5.95. The van der Waals surface area contributed by atoms with E-state index in [4.69, 9.17) is 14.2 Å². The molecule has 0 bridgehead atoms. The summed E-state index contributed by atoms with van der Waals surface area (Å²) in [6, 6.07) is 0. The van der Waals surface area contributed by atoms with Crippen molar-refractivity contribution in [3.05, 3.63) is 97.2 Å². The molecule has 6 nitrogen and oxygen atoms in total. The minimum Gasteiger partial charge on any atom is -0.462 e. The molecule has 0 aromatic heterocycles. The van der Waals surface area contributed by atoms with Gasteiger partial charge in [-0.1, -0.05) is 176 Å². The smallest absolute Gasteiger partial charge is 0.306 e. The van der Waals surface area contributed by atoms with E-state index in [1.807, 2.05) is 0 Å². The minimum absolute atomic E-state index is 0.105. The Morgan fingerprint density at radius 1 is 0.373 bits per heavy atom. The highest BCUT2D eigenvalue weighted by Crippen LogP contribution is 2.12. The average molecular weight is 819 g/mol. The molecule has 0 fully saturated rings. The highest BCUT2D eigenvalue weighted by atomic mass is 16.6. The van der Waals surface area contributed by atoms with E-state index < -0.39 is 6.10 Å². The van der Waals surface area contributed by atoms with Crippen LogP contribution in [0.4, 0.5) is 0 Å². The molecule has 0 radical (unpaired) electrons. The number of carbonyl (C=O) groups excluding carboxylic acids is 3. The molecule has 0 N–H and O–H groups in total. The molecule has 0 aliphatic rings. The summed E-state index contributed by atoms with van der Waals surface area (Å²) in [6.45, 7) is 6.34. The Labute approximate surface area is 362 Å². The molecule has 1 unspecified atom stereocenters. The minimum atomic E-state index is -0.807. The van der Waals surface area contributed by atoms with Gasteiger partial charge in [0, 0.05) is 19.3 Å². The van der Waals surface area contributed by atoms with Gasteiger partial charge in [-0.15, -0.1) is 0 Å². The molecule has 0 saturated carbocycles. The monoisotopic (exact) mass is 819 g/mol. The first kappa shape index (κ1) is 55.3. The lowest BCUT2D eigenvalue weighted by molar-refractivity contribution is -0.167. The van der Waals surface area contributed by atoms with Gasteiger partial charge in [-0.05, 0) is 103 Å². The van der Waals surface area contributed by atoms with Crippen LogP contribution in [-0.2, 0) is 28.6 Å². The fraction of sp³-hybridized carbons (Fsp3) is 0.642. The van der Waals surface area contributed by atoms with Crippen LogP contribution < -0.4 is 0 Å². The van der Waals surface area contributed by atoms with E-state index in [9.17, 15) is 14.4 Å². The van der Waals surface area contributed by atoms with E-state index >= 15 is 0 Å². The standard InChI is InChI=1S/C53H86O6/c1-4-7-10-13-16-19-22-23-24-25-26-27-28-29-32-34-37-40-43-46-52(55)58-49-50(59-53(56)47-44-41-38-35-31-21-18-15-12-9-6-3)48-57-51(54)45-42-39-36-33-30-20-17-14-11-8-5-2/h7,10,14-19,21,23-24,26-27,29,31-32,50H,4-6,8-9,11-13,20,22,25,28,30,33-49H2,1-3H3/b10-7-,17-14-,18-15-,19-16-,24-23-,27-26-,31-21-,32-29-. The largest absolute Gasteiger partial charge is 0.462 e. The molecular weight excluding hydrogens is 733 g/mol. The molecular formula is C53H86O6. The van der Waals surface area contributed by atoms with Crippen molar-refractivity contribution < 1.29 is 28.6 Å². The third kappa shape index (κ3) is 45.3. The fourth-order valence-corrected chi connectivity index (χ4v) is 5.95. The molecule has 0 saturated heterocycles. The Morgan fingerprint density at radius 3 is 1.19 bits per heavy atom. The number of hydrogen-bond donors (Lipinski definition) is 0. The predicted octanol–water partition coefficient (Wildman–Crippen LogP) is 15.4. The van der Waals surface area contributed by atoms with E-state index in [0.717, 1.165) is 122 Å². The number of rotatable bonds is 41. The molecule has 0 aromatic rings. The summed E-state index contributed by atoms with van der Waals surface area (Å²) in [4.78, 5) is 37.8. The van der Waals surface area contributed by atoms with Gasteiger partial charge in [0.05, 0.1) is 0 Å². The molecule has 59 heavy (non-hydrogen) atoms. The zero-order valence-electron chi connectivity index (χ0n) is 38.0. The first-order chi connectivity index (χ1) is 29.0. The number of ether oxygens (including phenoxy) is 3. The SMILES string of the molecule is CC/C=C\C/C=C\C/C=C\C/C=C\C/C=C\CCCCCC(=O)OCC(COC(=O)CCCCCCC/C=C\CCCC)OC(=O)CCCCC/C=C\C=C/CCCC. The van der Waals surface area contributed by atoms with Crippen molar-refractivity contribution in [3.63, 3.8) is 0 Å². The van der Waals surface area contributed by atoms with Crippen LogP contribution in [0, 0.1) is 0 Å². The van der Waals surface area contributed by atoms with Crippen LogP contribution in [-0.4, -0.2) is 37.2 Å². The van der Waals surface area contributed by atoms with Crippen molar-refractivity contribution in [2.24, 2.45) is 0 Å². The third-order valence-corrected chi connectivity index (χ3v) is 9.57. The van der Waals surface area contributed by atoms with Gasteiger partial charge in [-0.3, -0.25) is 14.4 Å².